The molecule has 0 aliphatic heterocycles. The molecule has 0 unspecified atom stereocenters. The Bertz CT molecular complexity index is 791. The van der Waals surface area contributed by atoms with E-state index in [0.29, 0.717) is 10.6 Å². The monoisotopic (exact) mass is 346 g/mol. The lowest BCUT2D eigenvalue weighted by atomic mass is 10.2. The van der Waals surface area contributed by atoms with Crippen LogP contribution < -0.4 is 0 Å². The van der Waals surface area contributed by atoms with Crippen LogP contribution in [0, 0.1) is 0 Å². The predicted molar refractivity (Wildman–Crippen MR) is 76.3 cm³/mol. The topological polar surface area (TPSA) is 97.2 Å². The Morgan fingerprint density at radius 2 is 1.81 bits per heavy atom. The van der Waals surface area contributed by atoms with Crippen molar-refractivity contribution in [3.63, 3.8) is 0 Å². The van der Waals surface area contributed by atoms with Gasteiger partial charge in [0.05, 0.1) is 17.0 Å². The zero-order chi connectivity index (χ0) is 15.6. The van der Waals surface area contributed by atoms with Gasteiger partial charge in [-0.15, -0.1) is 0 Å². The maximum Gasteiger partial charge on any atom is 0.356 e. The molecule has 21 heavy (non-hydrogen) atoms. The van der Waals surface area contributed by atoms with Gasteiger partial charge in [-0.2, -0.15) is 0 Å². The standard InChI is InChI=1S/C12H8Cl2N2O4S/c13-8-3-1-7(2-4-8)6-21(19,20)12-15-5-9(14)10(16-12)11(17)18/h1-5H,6H2,(H,17,18). The summed E-state index contributed by atoms with van der Waals surface area (Å²) >= 11 is 11.3. The molecule has 1 N–H and O–H groups in total. The highest BCUT2D eigenvalue weighted by Crippen LogP contribution is 2.18. The molecule has 0 saturated heterocycles. The number of aromatic nitrogens is 2. The number of carbonyl (C=O) groups is 1. The smallest absolute Gasteiger partial charge is 0.356 e. The molecule has 1 aromatic heterocycles. The SMILES string of the molecule is O=C(O)c1nc(S(=O)(=O)Cc2ccc(Cl)cc2)ncc1Cl. The first kappa shape index (κ1) is 15.7. The minimum Gasteiger partial charge on any atom is -0.476 e. The summed E-state index contributed by atoms with van der Waals surface area (Å²) in [4.78, 5) is 18.0. The summed E-state index contributed by atoms with van der Waals surface area (Å²) in [7, 11) is -3.89. The summed E-state index contributed by atoms with van der Waals surface area (Å²) in [6.45, 7) is 0. The van der Waals surface area contributed by atoms with Gasteiger partial charge in [0, 0.05) is 5.02 Å². The van der Waals surface area contributed by atoms with Gasteiger partial charge in [0.1, 0.15) is 0 Å². The number of sulfone groups is 1. The molecule has 0 atom stereocenters. The molecule has 0 amide bonds. The molecule has 0 fully saturated rings. The highest BCUT2D eigenvalue weighted by Gasteiger charge is 2.22. The second kappa shape index (κ2) is 5.97. The highest BCUT2D eigenvalue weighted by atomic mass is 35.5. The molecule has 110 valence electrons. The molecule has 6 nitrogen and oxygen atoms in total. The van der Waals surface area contributed by atoms with E-state index in [2.05, 4.69) is 9.97 Å². The van der Waals surface area contributed by atoms with Gasteiger partial charge in [0.2, 0.25) is 15.0 Å². The van der Waals surface area contributed by atoms with Crippen molar-refractivity contribution in [3.8, 4) is 0 Å². The van der Waals surface area contributed by atoms with Crippen LogP contribution in [0.4, 0.5) is 0 Å². The molecular formula is C12H8Cl2N2O4S. The lowest BCUT2D eigenvalue weighted by Gasteiger charge is -2.05. The van der Waals surface area contributed by atoms with Crippen LogP contribution in [0.1, 0.15) is 16.1 Å². The Kier molecular flexibility index (Phi) is 4.46. The minimum atomic E-state index is -3.89. The molecular weight excluding hydrogens is 339 g/mol. The number of rotatable bonds is 4. The lowest BCUT2D eigenvalue weighted by Crippen LogP contribution is -2.13. The maximum absolute atomic E-state index is 12.2. The number of halogens is 2. The Morgan fingerprint density at radius 3 is 2.38 bits per heavy atom. The van der Waals surface area contributed by atoms with Crippen molar-refractivity contribution in [2.45, 2.75) is 10.9 Å². The van der Waals surface area contributed by atoms with Gasteiger partial charge < -0.3 is 5.11 Å². The summed E-state index contributed by atoms with van der Waals surface area (Å²) in [5.74, 6) is -1.80. The Balaban J connectivity index is 2.38. The molecule has 0 aliphatic rings. The molecule has 1 heterocycles. The van der Waals surface area contributed by atoms with Gasteiger partial charge >= 0.3 is 5.97 Å². The average molecular weight is 347 g/mol. The Hall–Kier alpha value is -1.70. The van der Waals surface area contributed by atoms with Crippen LogP contribution in [0.15, 0.2) is 35.6 Å². The van der Waals surface area contributed by atoms with Crippen molar-refractivity contribution in [1.82, 2.24) is 9.97 Å². The van der Waals surface area contributed by atoms with Gasteiger partial charge in [-0.3, -0.25) is 0 Å². The van der Waals surface area contributed by atoms with Crippen LogP contribution in [0.25, 0.3) is 0 Å². The summed E-state index contributed by atoms with van der Waals surface area (Å²) in [6.07, 6.45) is 0.951. The molecule has 0 saturated carbocycles. The van der Waals surface area contributed by atoms with Gasteiger partial charge in [0.25, 0.3) is 0 Å². The zero-order valence-electron chi connectivity index (χ0n) is 10.3. The van der Waals surface area contributed by atoms with Crippen LogP contribution in [-0.2, 0) is 15.6 Å². The van der Waals surface area contributed by atoms with Crippen LogP contribution in [0.5, 0.6) is 0 Å². The quantitative estimate of drug-likeness (QED) is 0.854. The van der Waals surface area contributed by atoms with Gasteiger partial charge in [-0.1, -0.05) is 35.3 Å². The van der Waals surface area contributed by atoms with E-state index >= 15 is 0 Å². The molecule has 2 rings (SSSR count). The number of aromatic carboxylic acids is 1. The fourth-order valence-electron chi connectivity index (χ4n) is 1.52. The van der Waals surface area contributed by atoms with Crippen molar-refractivity contribution in [3.05, 3.63) is 51.8 Å². The van der Waals surface area contributed by atoms with Crippen molar-refractivity contribution in [1.29, 1.82) is 0 Å². The van der Waals surface area contributed by atoms with Gasteiger partial charge in [-0.05, 0) is 17.7 Å². The van der Waals surface area contributed by atoms with Crippen LogP contribution >= 0.6 is 23.2 Å². The first-order valence-electron chi connectivity index (χ1n) is 5.52. The van der Waals surface area contributed by atoms with Crippen molar-refractivity contribution in [2.75, 3.05) is 0 Å². The Morgan fingerprint density at radius 1 is 1.19 bits per heavy atom. The zero-order valence-corrected chi connectivity index (χ0v) is 12.7. The van der Waals surface area contributed by atoms with E-state index in [1.807, 2.05) is 0 Å². The third-order valence-corrected chi connectivity index (χ3v) is 4.47. The van der Waals surface area contributed by atoms with E-state index < -0.39 is 26.7 Å². The van der Waals surface area contributed by atoms with Gasteiger partial charge in [-0.25, -0.2) is 23.2 Å². The molecule has 9 heteroatoms. The second-order valence-electron chi connectivity index (χ2n) is 4.04. The molecule has 1 aromatic carbocycles. The number of hydrogen-bond acceptors (Lipinski definition) is 5. The van der Waals surface area contributed by atoms with E-state index in [1.165, 1.54) is 0 Å². The third kappa shape index (κ3) is 3.69. The third-order valence-electron chi connectivity index (χ3n) is 2.47. The van der Waals surface area contributed by atoms with Crippen LogP contribution in [0.2, 0.25) is 10.0 Å². The predicted octanol–water partition coefficient (Wildman–Crippen LogP) is 2.46. The molecule has 2 aromatic rings. The van der Waals surface area contributed by atoms with Crippen molar-refractivity contribution < 1.29 is 18.3 Å². The highest BCUT2D eigenvalue weighted by molar-refractivity contribution is 7.90. The largest absolute Gasteiger partial charge is 0.476 e. The first-order chi connectivity index (χ1) is 9.79. The van der Waals surface area contributed by atoms with Gasteiger partial charge in [0.15, 0.2) is 5.69 Å². The number of benzene rings is 1. The number of carboxylic acids is 1. The number of hydrogen-bond donors (Lipinski definition) is 1. The van der Waals surface area contributed by atoms with E-state index in [1.54, 1.807) is 24.3 Å². The molecule has 0 spiro atoms. The van der Waals surface area contributed by atoms with E-state index in [4.69, 9.17) is 28.3 Å². The number of carboxylic acid groups (broad SMARTS) is 1. The summed E-state index contributed by atoms with van der Waals surface area (Å²) in [5.41, 5.74) is -0.0730. The average Bonchev–Trinajstić information content (AvgIpc) is 2.41. The normalized spacial score (nSPS) is 11.3. The maximum atomic E-state index is 12.2. The lowest BCUT2D eigenvalue weighted by molar-refractivity contribution is 0.0689. The van der Waals surface area contributed by atoms with E-state index in [-0.39, 0.29) is 10.8 Å². The van der Waals surface area contributed by atoms with Crippen LogP contribution in [0.3, 0.4) is 0 Å². The number of nitrogens with zero attached hydrogens (tertiary/aromatic N) is 2. The summed E-state index contributed by atoms with van der Waals surface area (Å²) < 4.78 is 24.4. The fraction of sp³-hybridized carbons (Fsp3) is 0.0833. The van der Waals surface area contributed by atoms with Crippen molar-refractivity contribution in [2.24, 2.45) is 0 Å². The van der Waals surface area contributed by atoms with E-state index in [0.717, 1.165) is 6.20 Å². The summed E-state index contributed by atoms with van der Waals surface area (Å²) in [6, 6.07) is 6.21. The Labute approximate surface area is 130 Å². The molecule has 0 aliphatic carbocycles. The fourth-order valence-corrected chi connectivity index (χ4v) is 3.02. The minimum absolute atomic E-state index is 0.229. The van der Waals surface area contributed by atoms with Crippen molar-refractivity contribution >= 4 is 39.0 Å². The molecule has 0 radical (unpaired) electrons. The second-order valence-corrected chi connectivity index (χ2v) is 6.77. The first-order valence-corrected chi connectivity index (χ1v) is 7.93. The summed E-state index contributed by atoms with van der Waals surface area (Å²) in [5, 5.41) is 8.56. The van der Waals surface area contributed by atoms with Crippen LogP contribution in [-0.4, -0.2) is 29.5 Å². The van der Waals surface area contributed by atoms with E-state index in [9.17, 15) is 13.2 Å². The molecule has 0 bridgehead atoms.